The third kappa shape index (κ3) is 4.30. The van der Waals surface area contributed by atoms with E-state index in [9.17, 15) is 26.3 Å². The third-order valence-electron chi connectivity index (χ3n) is 2.28. The van der Waals surface area contributed by atoms with Crippen molar-refractivity contribution in [2.75, 3.05) is 19.6 Å². The minimum atomic E-state index is -5.74. The van der Waals surface area contributed by atoms with Crippen molar-refractivity contribution in [3.05, 3.63) is 0 Å². The summed E-state index contributed by atoms with van der Waals surface area (Å²) in [6.45, 7) is 1.30. The van der Waals surface area contributed by atoms with Crippen LogP contribution in [0.2, 0.25) is 0 Å². The summed E-state index contributed by atoms with van der Waals surface area (Å²) < 4.78 is 73.4. The quantitative estimate of drug-likeness (QED) is 0.635. The minimum absolute atomic E-state index is 0. The third-order valence-corrected chi connectivity index (χ3v) is 2.28. The molecule has 0 aliphatic carbocycles. The first kappa shape index (κ1) is 19.3. The number of rotatable bonds is 4. The van der Waals surface area contributed by atoms with Crippen molar-refractivity contribution in [3.8, 4) is 0 Å². The van der Waals surface area contributed by atoms with Crippen LogP contribution in [-0.2, 0) is 16.5 Å². The van der Waals surface area contributed by atoms with E-state index >= 15 is 0 Å². The Morgan fingerprint density at radius 1 is 0.882 bits per heavy atom. The maximum atomic E-state index is 12.2. The van der Waals surface area contributed by atoms with Crippen molar-refractivity contribution >= 4 is 0 Å². The van der Waals surface area contributed by atoms with Crippen LogP contribution >= 0.6 is 0 Å². The Morgan fingerprint density at radius 3 is 1.35 bits per heavy atom. The molecule has 0 fully saturated rings. The monoisotopic (exact) mass is 311 g/mol. The molecule has 0 heterocycles. The summed E-state index contributed by atoms with van der Waals surface area (Å²) in [5, 5.41) is 8.83. The van der Waals surface area contributed by atoms with Gasteiger partial charge < -0.3 is 10.0 Å². The predicted molar refractivity (Wildman–Crippen MR) is 44.8 cm³/mol. The molecule has 0 radical (unpaired) electrons. The van der Waals surface area contributed by atoms with Crippen LogP contribution in [0.5, 0.6) is 0 Å². The van der Waals surface area contributed by atoms with E-state index in [1.807, 2.05) is 0 Å². The average molecular weight is 312 g/mol. The summed E-state index contributed by atoms with van der Waals surface area (Å²) in [4.78, 5) is 0.862. The standard InChI is InChI=1S/C8H13F6NO.Ni/c1-3-15(4-2)5-6(16,7(9,10)11)8(12,13)14;/h16H,3-5H2,1-2H3;. The molecule has 17 heavy (non-hydrogen) atoms. The molecule has 0 saturated carbocycles. The smallest absolute Gasteiger partial charge is 0.373 e. The Hall–Kier alpha value is -0.00649. The maximum Gasteiger partial charge on any atom is 0.427 e. The molecule has 0 bridgehead atoms. The van der Waals surface area contributed by atoms with Gasteiger partial charge in [0.1, 0.15) is 0 Å². The number of nitrogens with zero attached hydrogens (tertiary/aromatic N) is 1. The molecular weight excluding hydrogens is 299 g/mol. The van der Waals surface area contributed by atoms with Crippen LogP contribution in [-0.4, -0.2) is 47.6 Å². The molecule has 0 atom stereocenters. The van der Waals surface area contributed by atoms with Crippen LogP contribution in [0.25, 0.3) is 0 Å². The van der Waals surface area contributed by atoms with Crippen molar-refractivity contribution in [2.45, 2.75) is 31.8 Å². The van der Waals surface area contributed by atoms with Gasteiger partial charge in [-0.25, -0.2) is 0 Å². The summed E-state index contributed by atoms with van der Waals surface area (Å²) >= 11 is 0. The van der Waals surface area contributed by atoms with Crippen LogP contribution in [0.3, 0.4) is 0 Å². The first-order valence-corrected chi connectivity index (χ1v) is 4.57. The molecule has 2 nitrogen and oxygen atoms in total. The molecule has 0 aromatic heterocycles. The molecule has 0 spiro atoms. The molecule has 108 valence electrons. The Balaban J connectivity index is 0. The second-order valence-electron chi connectivity index (χ2n) is 3.32. The zero-order valence-electron chi connectivity index (χ0n) is 9.10. The Morgan fingerprint density at radius 2 is 1.18 bits per heavy atom. The second kappa shape index (κ2) is 6.25. The van der Waals surface area contributed by atoms with Gasteiger partial charge >= 0.3 is 12.4 Å². The van der Waals surface area contributed by atoms with Crippen LogP contribution in [0.15, 0.2) is 0 Å². The van der Waals surface area contributed by atoms with E-state index in [0.717, 1.165) is 4.90 Å². The molecule has 0 aliphatic heterocycles. The number of hydrogen-bond donors (Lipinski definition) is 1. The molecular formula is C8H13F6NNiO. The average Bonchev–Trinajstić information content (AvgIpc) is 2.10. The van der Waals surface area contributed by atoms with Crippen LogP contribution in [0, 0.1) is 0 Å². The summed E-state index contributed by atoms with van der Waals surface area (Å²) in [5.74, 6) is 0. The van der Waals surface area contributed by atoms with Gasteiger partial charge in [-0.15, -0.1) is 0 Å². The van der Waals surface area contributed by atoms with E-state index in [-0.39, 0.29) is 29.6 Å². The van der Waals surface area contributed by atoms with Gasteiger partial charge in [0.15, 0.2) is 0 Å². The molecule has 0 aromatic carbocycles. The SMILES string of the molecule is CCN(CC)CC(O)(C(F)(F)F)C(F)(F)F.[Ni]. The summed E-state index contributed by atoms with van der Waals surface area (Å²) in [7, 11) is 0. The molecule has 0 aliphatic rings. The molecule has 1 N–H and O–H groups in total. The van der Waals surface area contributed by atoms with E-state index in [0.29, 0.717) is 0 Å². The largest absolute Gasteiger partial charge is 0.427 e. The van der Waals surface area contributed by atoms with E-state index in [4.69, 9.17) is 5.11 Å². The maximum absolute atomic E-state index is 12.2. The minimum Gasteiger partial charge on any atom is -0.373 e. The Kier molecular flexibility index (Phi) is 7.10. The fourth-order valence-electron chi connectivity index (χ4n) is 1.11. The van der Waals surface area contributed by atoms with Gasteiger partial charge in [-0.1, -0.05) is 13.8 Å². The van der Waals surface area contributed by atoms with E-state index in [1.54, 1.807) is 0 Å². The van der Waals surface area contributed by atoms with Crippen molar-refractivity contribution in [1.29, 1.82) is 0 Å². The van der Waals surface area contributed by atoms with E-state index in [1.165, 1.54) is 13.8 Å². The van der Waals surface area contributed by atoms with Crippen molar-refractivity contribution < 1.29 is 47.9 Å². The summed E-state index contributed by atoms with van der Waals surface area (Å²) in [6, 6.07) is 0. The summed E-state index contributed by atoms with van der Waals surface area (Å²) in [5.41, 5.74) is -4.67. The Bertz CT molecular complexity index is 211. The van der Waals surface area contributed by atoms with Gasteiger partial charge in [0.2, 0.25) is 0 Å². The normalized spacial score (nSPS) is 13.8. The summed E-state index contributed by atoms with van der Waals surface area (Å²) in [6.07, 6.45) is -11.5. The van der Waals surface area contributed by atoms with Gasteiger partial charge in [-0.3, -0.25) is 0 Å². The second-order valence-corrected chi connectivity index (χ2v) is 3.32. The zero-order chi connectivity index (χ0) is 13.2. The van der Waals surface area contributed by atoms with Crippen molar-refractivity contribution in [2.24, 2.45) is 0 Å². The van der Waals surface area contributed by atoms with E-state index < -0.39 is 24.5 Å². The molecule has 0 unspecified atom stereocenters. The van der Waals surface area contributed by atoms with Gasteiger partial charge in [0, 0.05) is 23.0 Å². The number of alkyl halides is 6. The van der Waals surface area contributed by atoms with Crippen LogP contribution in [0.4, 0.5) is 26.3 Å². The molecule has 0 aromatic rings. The molecule has 0 rings (SSSR count). The van der Waals surface area contributed by atoms with Gasteiger partial charge in [-0.05, 0) is 13.1 Å². The fourth-order valence-corrected chi connectivity index (χ4v) is 1.11. The molecule has 9 heteroatoms. The van der Waals surface area contributed by atoms with Crippen molar-refractivity contribution in [3.63, 3.8) is 0 Å². The van der Waals surface area contributed by atoms with Gasteiger partial charge in [0.25, 0.3) is 5.60 Å². The van der Waals surface area contributed by atoms with E-state index in [2.05, 4.69) is 0 Å². The Labute approximate surface area is 105 Å². The molecule has 0 amide bonds. The van der Waals surface area contributed by atoms with Gasteiger partial charge in [-0.2, -0.15) is 26.3 Å². The van der Waals surface area contributed by atoms with Crippen LogP contribution in [0.1, 0.15) is 13.8 Å². The number of halogens is 6. The number of likely N-dealkylation sites (N-methyl/N-ethyl adjacent to an activating group) is 1. The topological polar surface area (TPSA) is 23.5 Å². The van der Waals surface area contributed by atoms with Crippen LogP contribution < -0.4 is 0 Å². The first-order chi connectivity index (χ1) is 6.99. The fraction of sp³-hybridized carbons (Fsp3) is 1.00. The van der Waals surface area contributed by atoms with Crippen molar-refractivity contribution in [1.82, 2.24) is 4.90 Å². The zero-order valence-corrected chi connectivity index (χ0v) is 10.1. The number of aliphatic hydroxyl groups is 1. The number of hydrogen-bond acceptors (Lipinski definition) is 2. The van der Waals surface area contributed by atoms with Gasteiger partial charge in [0.05, 0.1) is 0 Å². The molecule has 0 saturated heterocycles. The predicted octanol–water partition coefficient (Wildman–Crippen LogP) is 2.18. The first-order valence-electron chi connectivity index (χ1n) is 4.57.